The Kier molecular flexibility index (Phi) is 6.29. The number of aromatic nitrogens is 3. The molecular formula is C21H24N4OS. The second-order valence-electron chi connectivity index (χ2n) is 6.72. The Labute approximate surface area is 164 Å². The number of carbonyl (C=O) groups is 1. The largest absolute Gasteiger partial charge is 0.325 e. The highest BCUT2D eigenvalue weighted by Crippen LogP contribution is 2.20. The van der Waals surface area contributed by atoms with Crippen LogP contribution in [-0.2, 0) is 11.3 Å². The van der Waals surface area contributed by atoms with E-state index in [2.05, 4.69) is 41.5 Å². The Hall–Kier alpha value is -2.60. The number of benzene rings is 2. The van der Waals surface area contributed by atoms with Gasteiger partial charge in [0.2, 0.25) is 5.91 Å². The summed E-state index contributed by atoms with van der Waals surface area (Å²) in [5.41, 5.74) is 3.25. The molecular weight excluding hydrogens is 356 g/mol. The molecule has 3 aromatic rings. The van der Waals surface area contributed by atoms with Crippen molar-refractivity contribution in [2.24, 2.45) is 0 Å². The minimum absolute atomic E-state index is 0.0517. The molecule has 140 valence electrons. The first kappa shape index (κ1) is 19.2. The van der Waals surface area contributed by atoms with Crippen molar-refractivity contribution in [1.82, 2.24) is 14.8 Å². The number of anilines is 1. The van der Waals surface area contributed by atoms with Crippen molar-refractivity contribution in [3.8, 4) is 0 Å². The molecule has 1 heterocycles. The van der Waals surface area contributed by atoms with Gasteiger partial charge in [-0.1, -0.05) is 68.1 Å². The normalized spacial score (nSPS) is 11.0. The van der Waals surface area contributed by atoms with Crippen molar-refractivity contribution in [2.75, 3.05) is 11.1 Å². The highest BCUT2D eigenvalue weighted by molar-refractivity contribution is 7.99. The van der Waals surface area contributed by atoms with Gasteiger partial charge in [0, 0.05) is 5.69 Å². The Morgan fingerprint density at radius 2 is 1.78 bits per heavy atom. The molecule has 1 aromatic heterocycles. The zero-order valence-corrected chi connectivity index (χ0v) is 16.7. The lowest BCUT2D eigenvalue weighted by Crippen LogP contribution is -2.15. The van der Waals surface area contributed by atoms with E-state index >= 15 is 0 Å². The predicted octanol–water partition coefficient (Wildman–Crippen LogP) is 4.49. The van der Waals surface area contributed by atoms with Crippen LogP contribution in [0, 0.1) is 6.92 Å². The first-order chi connectivity index (χ1) is 13.0. The molecule has 3 rings (SSSR count). The summed E-state index contributed by atoms with van der Waals surface area (Å²) in [4.78, 5) is 12.3. The van der Waals surface area contributed by atoms with Crippen LogP contribution in [0.15, 0.2) is 59.8 Å². The molecule has 0 spiro atoms. The molecule has 0 aliphatic carbocycles. The number of hydrogen-bond acceptors (Lipinski definition) is 4. The summed E-state index contributed by atoms with van der Waals surface area (Å²) in [6.45, 7) is 6.92. The first-order valence-electron chi connectivity index (χ1n) is 8.99. The van der Waals surface area contributed by atoms with E-state index in [0.717, 1.165) is 16.7 Å². The van der Waals surface area contributed by atoms with E-state index < -0.39 is 0 Å². The van der Waals surface area contributed by atoms with Crippen molar-refractivity contribution >= 4 is 23.4 Å². The van der Waals surface area contributed by atoms with E-state index in [0.29, 0.717) is 18.2 Å². The third-order valence-electron chi connectivity index (χ3n) is 4.28. The van der Waals surface area contributed by atoms with E-state index in [1.54, 1.807) is 0 Å². The number of nitrogens with zero attached hydrogens (tertiary/aromatic N) is 3. The summed E-state index contributed by atoms with van der Waals surface area (Å²) < 4.78 is 2.03. The fourth-order valence-corrected chi connectivity index (χ4v) is 3.48. The van der Waals surface area contributed by atoms with E-state index in [-0.39, 0.29) is 5.91 Å². The Balaban J connectivity index is 1.59. The second kappa shape index (κ2) is 8.86. The van der Waals surface area contributed by atoms with Crippen LogP contribution in [0.4, 0.5) is 5.69 Å². The summed E-state index contributed by atoms with van der Waals surface area (Å²) in [7, 11) is 0. The summed E-state index contributed by atoms with van der Waals surface area (Å²) in [5, 5.41) is 12.1. The van der Waals surface area contributed by atoms with Gasteiger partial charge in [-0.05, 0) is 36.1 Å². The van der Waals surface area contributed by atoms with E-state index in [4.69, 9.17) is 0 Å². The van der Waals surface area contributed by atoms with Crippen molar-refractivity contribution in [3.05, 3.63) is 71.5 Å². The lowest BCUT2D eigenvalue weighted by Gasteiger charge is -2.10. The van der Waals surface area contributed by atoms with Gasteiger partial charge in [0.1, 0.15) is 5.82 Å². The molecule has 0 unspecified atom stereocenters. The van der Waals surface area contributed by atoms with Gasteiger partial charge in [0.25, 0.3) is 0 Å². The number of carbonyl (C=O) groups excluding carboxylic acids is 1. The van der Waals surface area contributed by atoms with E-state index in [1.165, 1.54) is 22.9 Å². The fourth-order valence-electron chi connectivity index (χ4n) is 2.69. The minimum Gasteiger partial charge on any atom is -0.325 e. The molecule has 0 bridgehead atoms. The molecule has 1 amide bonds. The molecule has 0 atom stereocenters. The van der Waals surface area contributed by atoms with Gasteiger partial charge in [0.05, 0.1) is 12.3 Å². The van der Waals surface area contributed by atoms with Gasteiger partial charge in [-0.3, -0.25) is 4.79 Å². The van der Waals surface area contributed by atoms with Gasteiger partial charge in [-0.15, -0.1) is 10.2 Å². The van der Waals surface area contributed by atoms with Crippen LogP contribution >= 0.6 is 11.8 Å². The Bertz CT molecular complexity index is 888. The van der Waals surface area contributed by atoms with Crippen LogP contribution in [0.1, 0.15) is 36.7 Å². The van der Waals surface area contributed by atoms with Crippen LogP contribution in [0.3, 0.4) is 0 Å². The average Bonchev–Trinajstić information content (AvgIpc) is 3.01. The van der Waals surface area contributed by atoms with Crippen molar-refractivity contribution in [3.63, 3.8) is 0 Å². The predicted molar refractivity (Wildman–Crippen MR) is 110 cm³/mol. The number of aryl methyl sites for hydroxylation is 1. The molecule has 6 heteroatoms. The number of nitrogens with one attached hydrogen (secondary N) is 1. The van der Waals surface area contributed by atoms with Crippen molar-refractivity contribution in [1.29, 1.82) is 0 Å². The second-order valence-corrected chi connectivity index (χ2v) is 7.66. The third-order valence-corrected chi connectivity index (χ3v) is 5.25. The van der Waals surface area contributed by atoms with E-state index in [9.17, 15) is 4.79 Å². The maximum Gasteiger partial charge on any atom is 0.234 e. The average molecular weight is 381 g/mol. The van der Waals surface area contributed by atoms with Crippen LogP contribution in [0.25, 0.3) is 0 Å². The highest BCUT2D eigenvalue weighted by atomic mass is 32.2. The van der Waals surface area contributed by atoms with Gasteiger partial charge < -0.3 is 9.88 Å². The number of rotatable bonds is 7. The summed E-state index contributed by atoms with van der Waals surface area (Å²) in [6, 6.07) is 18.2. The molecule has 0 saturated heterocycles. The molecule has 2 aromatic carbocycles. The summed E-state index contributed by atoms with van der Waals surface area (Å²) in [5.74, 6) is 1.55. The van der Waals surface area contributed by atoms with Crippen LogP contribution < -0.4 is 5.32 Å². The lowest BCUT2D eigenvalue weighted by atomic mass is 10.0. The van der Waals surface area contributed by atoms with Crippen LogP contribution in [-0.4, -0.2) is 26.4 Å². The number of amides is 1. The minimum atomic E-state index is -0.0517. The quantitative estimate of drug-likeness (QED) is 0.614. The highest BCUT2D eigenvalue weighted by Gasteiger charge is 2.12. The van der Waals surface area contributed by atoms with Gasteiger partial charge in [0.15, 0.2) is 5.16 Å². The topological polar surface area (TPSA) is 59.8 Å². The molecule has 27 heavy (non-hydrogen) atoms. The molecule has 0 radical (unpaired) electrons. The smallest absolute Gasteiger partial charge is 0.234 e. The Morgan fingerprint density at radius 3 is 2.44 bits per heavy atom. The Morgan fingerprint density at radius 1 is 1.07 bits per heavy atom. The number of thioether (sulfide) groups is 1. The summed E-state index contributed by atoms with van der Waals surface area (Å²) >= 11 is 1.40. The van der Waals surface area contributed by atoms with Gasteiger partial charge in [-0.25, -0.2) is 0 Å². The zero-order valence-electron chi connectivity index (χ0n) is 15.8. The summed E-state index contributed by atoms with van der Waals surface area (Å²) in [6.07, 6.45) is 0. The van der Waals surface area contributed by atoms with Gasteiger partial charge in [-0.2, -0.15) is 0 Å². The molecule has 0 aliphatic heterocycles. The lowest BCUT2D eigenvalue weighted by molar-refractivity contribution is -0.113. The number of hydrogen-bond donors (Lipinski definition) is 1. The fraction of sp³-hybridized carbons (Fsp3) is 0.286. The van der Waals surface area contributed by atoms with E-state index in [1.807, 2.05) is 54.0 Å². The SMILES string of the molecule is Cc1nnc(SCC(=O)Nc2ccc(C(C)C)cc2)n1Cc1ccccc1. The molecule has 0 fully saturated rings. The zero-order chi connectivity index (χ0) is 19.2. The first-order valence-corrected chi connectivity index (χ1v) is 9.98. The van der Waals surface area contributed by atoms with Crippen LogP contribution in [0.5, 0.6) is 0 Å². The third kappa shape index (κ3) is 5.20. The maximum absolute atomic E-state index is 12.3. The molecule has 0 saturated carbocycles. The maximum atomic E-state index is 12.3. The van der Waals surface area contributed by atoms with Gasteiger partial charge >= 0.3 is 0 Å². The van der Waals surface area contributed by atoms with Crippen molar-refractivity contribution < 1.29 is 4.79 Å². The van der Waals surface area contributed by atoms with Crippen molar-refractivity contribution in [2.45, 2.75) is 38.4 Å². The molecule has 1 N–H and O–H groups in total. The molecule has 5 nitrogen and oxygen atoms in total. The van der Waals surface area contributed by atoms with Crippen LogP contribution in [0.2, 0.25) is 0 Å². The standard InChI is InChI=1S/C21H24N4OS/c1-15(2)18-9-11-19(12-10-18)22-20(26)14-27-21-24-23-16(3)25(21)13-17-7-5-4-6-8-17/h4-12,15H,13-14H2,1-3H3,(H,22,26). The molecule has 0 aliphatic rings. The monoisotopic (exact) mass is 380 g/mol.